The Kier molecular flexibility index (Phi) is 4.84. The average molecular weight is 307 g/mol. The zero-order valence-electron chi connectivity index (χ0n) is 13.0. The molecule has 1 aliphatic rings. The smallest absolute Gasteiger partial charge is 0.311 e. The molecule has 5 heteroatoms. The van der Waals surface area contributed by atoms with Gasteiger partial charge in [0, 0.05) is 19.5 Å². The molecule has 1 fully saturated rings. The Morgan fingerprint density at radius 2 is 1.95 bits per heavy atom. The molecule has 1 aliphatic heterocycles. The van der Waals surface area contributed by atoms with Gasteiger partial charge in [0.25, 0.3) is 0 Å². The summed E-state index contributed by atoms with van der Waals surface area (Å²) in [6, 6.07) is 6.10. The quantitative estimate of drug-likeness (QED) is 0.910. The van der Waals surface area contributed by atoms with Crippen molar-refractivity contribution in [2.24, 2.45) is 11.3 Å². The highest BCUT2D eigenvalue weighted by atomic mass is 19.1. The van der Waals surface area contributed by atoms with Gasteiger partial charge in [-0.1, -0.05) is 26.0 Å². The maximum atomic E-state index is 12.8. The molecule has 0 spiro atoms. The summed E-state index contributed by atoms with van der Waals surface area (Å²) in [7, 11) is 0. The molecule has 1 amide bonds. The number of carboxylic acid groups (broad SMARTS) is 1. The number of carbonyl (C=O) groups excluding carboxylic acids is 1. The largest absolute Gasteiger partial charge is 0.481 e. The number of aliphatic carboxylic acids is 1. The molecular formula is C17H22FNO3. The number of hydrogen-bond donors (Lipinski definition) is 1. The molecule has 1 atom stereocenters. The van der Waals surface area contributed by atoms with Gasteiger partial charge in [0.05, 0.1) is 5.41 Å². The first kappa shape index (κ1) is 16.5. The number of carbonyl (C=O) groups is 2. The lowest BCUT2D eigenvalue weighted by atomic mass is 9.76. The molecule has 1 unspecified atom stereocenters. The van der Waals surface area contributed by atoms with E-state index in [4.69, 9.17) is 0 Å². The molecular weight excluding hydrogens is 285 g/mol. The number of rotatable bonds is 5. The minimum Gasteiger partial charge on any atom is -0.481 e. The Morgan fingerprint density at radius 1 is 1.32 bits per heavy atom. The SMILES string of the molecule is CC(C)C1(C(=O)O)CCN(C(=O)CCc2ccc(F)cc2)C1. The summed E-state index contributed by atoms with van der Waals surface area (Å²) in [5, 5.41) is 9.49. The van der Waals surface area contributed by atoms with Crippen molar-refractivity contribution in [3.05, 3.63) is 35.6 Å². The number of amides is 1. The van der Waals surface area contributed by atoms with E-state index >= 15 is 0 Å². The third-order valence-electron chi connectivity index (χ3n) is 4.73. The van der Waals surface area contributed by atoms with Gasteiger partial charge in [-0.25, -0.2) is 4.39 Å². The molecule has 4 nitrogen and oxygen atoms in total. The Labute approximate surface area is 129 Å². The van der Waals surface area contributed by atoms with Crippen molar-refractivity contribution in [1.82, 2.24) is 4.90 Å². The van der Waals surface area contributed by atoms with E-state index in [1.165, 1.54) is 12.1 Å². The van der Waals surface area contributed by atoms with Crippen molar-refractivity contribution >= 4 is 11.9 Å². The zero-order valence-corrected chi connectivity index (χ0v) is 13.0. The lowest BCUT2D eigenvalue weighted by molar-refractivity contribution is -0.151. The van der Waals surface area contributed by atoms with E-state index in [1.807, 2.05) is 13.8 Å². The van der Waals surface area contributed by atoms with Gasteiger partial charge < -0.3 is 10.0 Å². The van der Waals surface area contributed by atoms with Crippen LogP contribution in [0.3, 0.4) is 0 Å². The third-order valence-corrected chi connectivity index (χ3v) is 4.73. The van der Waals surface area contributed by atoms with Gasteiger partial charge in [0.15, 0.2) is 0 Å². The lowest BCUT2D eigenvalue weighted by Gasteiger charge is -2.28. The van der Waals surface area contributed by atoms with Crippen LogP contribution in [0.5, 0.6) is 0 Å². The Balaban J connectivity index is 1.94. The fraction of sp³-hybridized carbons (Fsp3) is 0.529. The summed E-state index contributed by atoms with van der Waals surface area (Å²) in [5.41, 5.74) is 0.0771. The summed E-state index contributed by atoms with van der Waals surface area (Å²) >= 11 is 0. The maximum absolute atomic E-state index is 12.8. The van der Waals surface area contributed by atoms with Crippen molar-refractivity contribution in [1.29, 1.82) is 0 Å². The summed E-state index contributed by atoms with van der Waals surface area (Å²) in [6.07, 6.45) is 1.36. The number of nitrogens with zero attached hydrogens (tertiary/aromatic N) is 1. The van der Waals surface area contributed by atoms with E-state index in [0.717, 1.165) is 5.56 Å². The molecule has 0 aliphatic carbocycles. The summed E-state index contributed by atoms with van der Waals surface area (Å²) in [4.78, 5) is 25.5. The van der Waals surface area contributed by atoms with Crippen LogP contribution < -0.4 is 0 Å². The molecule has 22 heavy (non-hydrogen) atoms. The van der Waals surface area contributed by atoms with E-state index in [2.05, 4.69) is 0 Å². The van der Waals surface area contributed by atoms with Crippen LogP contribution in [-0.4, -0.2) is 35.0 Å². The molecule has 1 N–H and O–H groups in total. The minimum absolute atomic E-state index is 0.0140. The first-order valence-electron chi connectivity index (χ1n) is 7.61. The van der Waals surface area contributed by atoms with Gasteiger partial charge in [-0.3, -0.25) is 9.59 Å². The van der Waals surface area contributed by atoms with E-state index in [0.29, 0.717) is 25.8 Å². The fourth-order valence-electron chi connectivity index (χ4n) is 3.00. The summed E-state index contributed by atoms with van der Waals surface area (Å²) in [6.45, 7) is 4.55. The normalized spacial score (nSPS) is 21.4. The maximum Gasteiger partial charge on any atom is 0.311 e. The van der Waals surface area contributed by atoms with Crippen molar-refractivity contribution in [2.45, 2.75) is 33.1 Å². The van der Waals surface area contributed by atoms with E-state index in [1.54, 1.807) is 17.0 Å². The van der Waals surface area contributed by atoms with Gasteiger partial charge in [-0.2, -0.15) is 0 Å². The number of hydrogen-bond acceptors (Lipinski definition) is 2. The van der Waals surface area contributed by atoms with Crippen LogP contribution >= 0.6 is 0 Å². The highest BCUT2D eigenvalue weighted by Crippen LogP contribution is 2.38. The minimum atomic E-state index is -0.828. The fourth-order valence-corrected chi connectivity index (χ4v) is 3.00. The second kappa shape index (κ2) is 6.46. The monoisotopic (exact) mass is 307 g/mol. The van der Waals surface area contributed by atoms with Crippen LogP contribution in [-0.2, 0) is 16.0 Å². The zero-order chi connectivity index (χ0) is 16.3. The predicted octanol–water partition coefficient (Wildman–Crippen LogP) is 2.72. The molecule has 0 bridgehead atoms. The number of benzene rings is 1. The van der Waals surface area contributed by atoms with E-state index in [-0.39, 0.29) is 24.2 Å². The standard InChI is InChI=1S/C17H22FNO3/c1-12(2)17(16(21)22)9-10-19(11-17)15(20)8-5-13-3-6-14(18)7-4-13/h3-4,6-7,12H,5,8-11H2,1-2H3,(H,21,22). The molecule has 2 rings (SSSR count). The van der Waals surface area contributed by atoms with Crippen LogP contribution in [0.2, 0.25) is 0 Å². The number of likely N-dealkylation sites (tertiary alicyclic amines) is 1. The topological polar surface area (TPSA) is 57.6 Å². The van der Waals surface area contributed by atoms with Gasteiger partial charge in [-0.05, 0) is 36.5 Å². The molecule has 1 saturated heterocycles. The van der Waals surface area contributed by atoms with Crippen LogP contribution in [0.25, 0.3) is 0 Å². The van der Waals surface area contributed by atoms with Crippen LogP contribution in [0.1, 0.15) is 32.3 Å². The molecule has 1 heterocycles. The van der Waals surface area contributed by atoms with Gasteiger partial charge in [-0.15, -0.1) is 0 Å². The van der Waals surface area contributed by atoms with Crippen LogP contribution in [0.4, 0.5) is 4.39 Å². The molecule has 1 aromatic rings. The molecule has 0 aromatic heterocycles. The van der Waals surface area contributed by atoms with Crippen molar-refractivity contribution in [2.75, 3.05) is 13.1 Å². The molecule has 0 saturated carbocycles. The van der Waals surface area contributed by atoms with Crippen LogP contribution in [0, 0.1) is 17.2 Å². The third kappa shape index (κ3) is 3.29. The average Bonchev–Trinajstić information content (AvgIpc) is 2.93. The Bertz CT molecular complexity index is 556. The van der Waals surface area contributed by atoms with Gasteiger partial charge in [0.2, 0.25) is 5.91 Å². The first-order valence-corrected chi connectivity index (χ1v) is 7.61. The predicted molar refractivity (Wildman–Crippen MR) is 80.8 cm³/mol. The molecule has 1 aromatic carbocycles. The van der Waals surface area contributed by atoms with Crippen molar-refractivity contribution < 1.29 is 19.1 Å². The lowest BCUT2D eigenvalue weighted by Crippen LogP contribution is -2.40. The number of aryl methyl sites for hydroxylation is 1. The first-order chi connectivity index (χ1) is 10.3. The van der Waals surface area contributed by atoms with Crippen LogP contribution in [0.15, 0.2) is 24.3 Å². The Morgan fingerprint density at radius 3 is 2.45 bits per heavy atom. The van der Waals surface area contributed by atoms with Gasteiger partial charge in [0.1, 0.15) is 5.82 Å². The number of halogens is 1. The Hall–Kier alpha value is -1.91. The molecule has 120 valence electrons. The van der Waals surface area contributed by atoms with Crippen molar-refractivity contribution in [3.8, 4) is 0 Å². The van der Waals surface area contributed by atoms with E-state index < -0.39 is 11.4 Å². The molecule has 0 radical (unpaired) electrons. The second-order valence-electron chi connectivity index (χ2n) is 6.31. The second-order valence-corrected chi connectivity index (χ2v) is 6.31. The van der Waals surface area contributed by atoms with Crippen molar-refractivity contribution in [3.63, 3.8) is 0 Å². The van der Waals surface area contributed by atoms with Gasteiger partial charge >= 0.3 is 5.97 Å². The highest BCUT2D eigenvalue weighted by molar-refractivity contribution is 5.81. The highest BCUT2D eigenvalue weighted by Gasteiger charge is 2.48. The number of carboxylic acids is 1. The van der Waals surface area contributed by atoms with E-state index in [9.17, 15) is 19.1 Å². The summed E-state index contributed by atoms with van der Waals surface area (Å²) < 4.78 is 12.8. The summed E-state index contributed by atoms with van der Waals surface area (Å²) in [5.74, 6) is -1.16.